The Balaban J connectivity index is 1.25. The van der Waals surface area contributed by atoms with Crippen molar-refractivity contribution in [3.8, 4) is 0 Å². The van der Waals surface area contributed by atoms with Crippen LogP contribution in [0.15, 0.2) is 18.2 Å². The molecule has 2 heterocycles. The molecule has 0 aromatic heterocycles. The van der Waals surface area contributed by atoms with Gasteiger partial charge in [0, 0.05) is 43.5 Å². The van der Waals surface area contributed by atoms with Crippen LogP contribution in [-0.4, -0.2) is 131 Å². The first-order valence-electron chi connectivity index (χ1n) is 22.5. The van der Waals surface area contributed by atoms with E-state index in [2.05, 4.69) is 21.3 Å². The van der Waals surface area contributed by atoms with Crippen molar-refractivity contribution < 1.29 is 51.1 Å². The summed E-state index contributed by atoms with van der Waals surface area (Å²) in [5.74, 6) is -6.54. The van der Waals surface area contributed by atoms with Crippen molar-refractivity contribution in [3.05, 3.63) is 33.8 Å². The average Bonchev–Trinajstić information content (AvgIpc) is 4.14. The number of nitrogens with one attached hydrogen (secondary N) is 4. The lowest BCUT2D eigenvalue weighted by Crippen LogP contribution is -2.62. The zero-order valence-electron chi connectivity index (χ0n) is 37.7. The van der Waals surface area contributed by atoms with Gasteiger partial charge in [0.25, 0.3) is 0 Å². The zero-order chi connectivity index (χ0) is 47.9. The topological polar surface area (TPSA) is 177 Å². The number of alkyl halides is 4. The number of hydrogen-bond acceptors (Lipinski definition) is 7. The summed E-state index contributed by atoms with van der Waals surface area (Å²) < 4.78 is 58.9. The minimum absolute atomic E-state index is 0.0552. The molecule has 2 unspecified atom stereocenters. The summed E-state index contributed by atoms with van der Waals surface area (Å²) in [6.07, 6.45) is -5.68. The molecule has 360 valence electrons. The van der Waals surface area contributed by atoms with Gasteiger partial charge in [-0.05, 0) is 119 Å². The molecule has 7 amide bonds. The van der Waals surface area contributed by atoms with Crippen LogP contribution in [0.2, 0.25) is 10.0 Å². The molecule has 5 aliphatic rings. The third-order valence-corrected chi connectivity index (χ3v) is 14.5. The Hall–Kier alpha value is -4.19. The van der Waals surface area contributed by atoms with Crippen molar-refractivity contribution in [2.75, 3.05) is 27.2 Å². The number of benzene rings is 1. The van der Waals surface area contributed by atoms with Gasteiger partial charge in [0.1, 0.15) is 47.3 Å². The maximum absolute atomic E-state index is 15.0. The normalized spacial score (nSPS) is 30.6. The Kier molecular flexibility index (Phi) is 15.1. The van der Waals surface area contributed by atoms with Crippen molar-refractivity contribution in [2.24, 2.45) is 29.1 Å². The number of hydrogen-bond donors (Lipinski definition) is 4. The van der Waals surface area contributed by atoms with E-state index >= 15 is 4.39 Å². The quantitative estimate of drug-likeness (QED) is 0.245. The van der Waals surface area contributed by atoms with Gasteiger partial charge < -0.3 is 36.0 Å². The summed E-state index contributed by atoms with van der Waals surface area (Å²) in [7, 11) is 2.78. The molecule has 14 nitrogen and oxygen atoms in total. The van der Waals surface area contributed by atoms with Crippen LogP contribution < -0.4 is 21.3 Å². The monoisotopic (exact) mass is 957 g/mol. The molecule has 6 rings (SSSR count). The molecule has 2 saturated heterocycles. The zero-order valence-corrected chi connectivity index (χ0v) is 39.2. The van der Waals surface area contributed by atoms with E-state index in [0.717, 1.165) is 0 Å². The molecule has 1 aromatic carbocycles. The number of fused-ring (bicyclic) bond motifs is 1. The molecule has 0 bridgehead atoms. The highest BCUT2D eigenvalue weighted by Crippen LogP contribution is 2.65. The fraction of sp³-hybridized carbons (Fsp3) is 0.711. The molecule has 3 aliphatic carbocycles. The maximum atomic E-state index is 15.0. The molecule has 0 spiro atoms. The highest BCUT2D eigenvalue weighted by atomic mass is 35.5. The minimum atomic E-state index is -4.90. The molecule has 20 heteroatoms. The third kappa shape index (κ3) is 11.2. The fourth-order valence-corrected chi connectivity index (χ4v) is 10.2. The highest BCUT2D eigenvalue weighted by molar-refractivity contribution is 6.33. The Morgan fingerprint density at radius 3 is 2.26 bits per heavy atom. The molecule has 5 fully saturated rings. The number of carbonyl (C=O) groups excluding carboxylic acids is 7. The molecular weight excluding hydrogens is 897 g/mol. The Bertz CT molecular complexity index is 2030. The standard InChI is InChI=1S/C45H61Cl2F4N7O7/c1-23(2)15-31-39(62)57(6)33(18-25-17-28(46)12-13-30(25)47)38(61)55-43(3,4)41(64)52-14-8-7-9-32(36(59)53-31)56(5)40(63)35(24-10-11-24)54-37(60)34-19-29(48)22-58(34)42(65)44(45(49,50)51)20-26-16-27(26)21-44/h12-13,17,23-24,26-27,29,31-35H,7-11,14-16,18-22H2,1-6H3,(H,52,64)(H,53,59)(H,54,60)(H,55,61)/t26?,27?,29-,31+,32+,33+,34+,35+,44?/m1/s1. The number of nitrogens with zero attached hydrogens (tertiary/aromatic N) is 3. The summed E-state index contributed by atoms with van der Waals surface area (Å²) in [6, 6.07) is -1.81. The average molecular weight is 959 g/mol. The summed E-state index contributed by atoms with van der Waals surface area (Å²) in [5, 5.41) is 11.7. The van der Waals surface area contributed by atoms with Crippen LogP contribution in [0.3, 0.4) is 0 Å². The van der Waals surface area contributed by atoms with E-state index in [1.54, 1.807) is 18.2 Å². The minimum Gasteiger partial charge on any atom is -0.354 e. The third-order valence-electron chi connectivity index (χ3n) is 13.9. The molecule has 4 N–H and O–H groups in total. The molecule has 1 aromatic rings. The van der Waals surface area contributed by atoms with E-state index in [1.807, 2.05) is 13.8 Å². The van der Waals surface area contributed by atoms with Gasteiger partial charge in [-0.1, -0.05) is 37.0 Å². The second kappa shape index (κ2) is 19.6. The second-order valence-electron chi connectivity index (χ2n) is 19.8. The van der Waals surface area contributed by atoms with E-state index in [9.17, 15) is 46.7 Å². The van der Waals surface area contributed by atoms with E-state index < -0.39 is 127 Å². The SMILES string of the molecule is CC(C)C[C@@H]1NC(=O)[C@@H](N(C)C(=O)[C@@H](NC(=O)[C@@H]2C[C@@H](F)CN2C(=O)C2(C(F)(F)F)CC3CC3C2)C2CC2)CCCCNC(=O)C(C)(C)NC(=O)[C@H](Cc2cc(Cl)ccc2Cl)N(C)C1=O. The number of carbonyl (C=O) groups is 7. The van der Waals surface area contributed by atoms with E-state index in [4.69, 9.17) is 23.2 Å². The lowest BCUT2D eigenvalue weighted by Gasteiger charge is -2.37. The molecular formula is C45H61Cl2F4N7O7. The van der Waals surface area contributed by atoms with Crippen molar-refractivity contribution in [2.45, 2.75) is 146 Å². The van der Waals surface area contributed by atoms with Crippen LogP contribution in [0.1, 0.15) is 97.5 Å². The maximum Gasteiger partial charge on any atom is 0.403 e. The predicted molar refractivity (Wildman–Crippen MR) is 233 cm³/mol. The second-order valence-corrected chi connectivity index (χ2v) is 20.6. The summed E-state index contributed by atoms with van der Waals surface area (Å²) in [6.45, 7) is 6.19. The van der Waals surface area contributed by atoms with Gasteiger partial charge in [-0.3, -0.25) is 33.6 Å². The Labute approximate surface area is 387 Å². The molecule has 8 atom stereocenters. The predicted octanol–water partition coefficient (Wildman–Crippen LogP) is 4.73. The van der Waals surface area contributed by atoms with Crippen molar-refractivity contribution in [1.82, 2.24) is 36.0 Å². The lowest BCUT2D eigenvalue weighted by molar-refractivity contribution is -0.229. The summed E-state index contributed by atoms with van der Waals surface area (Å²) in [5.41, 5.74) is -3.68. The number of amides is 7. The first-order valence-corrected chi connectivity index (χ1v) is 23.3. The van der Waals surface area contributed by atoms with E-state index in [0.29, 0.717) is 47.6 Å². The van der Waals surface area contributed by atoms with Gasteiger partial charge in [-0.15, -0.1) is 0 Å². The summed E-state index contributed by atoms with van der Waals surface area (Å²) in [4.78, 5) is 102. The van der Waals surface area contributed by atoms with Gasteiger partial charge >= 0.3 is 6.18 Å². The van der Waals surface area contributed by atoms with Crippen LogP contribution in [0.25, 0.3) is 0 Å². The lowest BCUT2D eigenvalue weighted by atomic mass is 9.80. The van der Waals surface area contributed by atoms with E-state index in [-0.39, 0.29) is 48.6 Å². The van der Waals surface area contributed by atoms with Gasteiger partial charge in [-0.2, -0.15) is 13.2 Å². The van der Waals surface area contributed by atoms with Crippen LogP contribution in [0, 0.1) is 29.1 Å². The van der Waals surface area contributed by atoms with Crippen molar-refractivity contribution in [1.29, 1.82) is 0 Å². The number of rotatable bonds is 10. The van der Waals surface area contributed by atoms with E-state index in [1.165, 1.54) is 37.7 Å². The van der Waals surface area contributed by atoms with Gasteiger partial charge in [-0.25, -0.2) is 4.39 Å². The Morgan fingerprint density at radius 2 is 1.65 bits per heavy atom. The first kappa shape index (κ1) is 50.2. The first-order chi connectivity index (χ1) is 30.3. The number of likely N-dealkylation sites (N-methyl/N-ethyl adjacent to an activating group) is 2. The largest absolute Gasteiger partial charge is 0.403 e. The molecule has 3 saturated carbocycles. The smallest absolute Gasteiger partial charge is 0.354 e. The van der Waals surface area contributed by atoms with Crippen LogP contribution >= 0.6 is 23.2 Å². The molecule has 0 radical (unpaired) electrons. The van der Waals surface area contributed by atoms with Gasteiger partial charge in [0.05, 0.1) is 6.54 Å². The molecule has 2 aliphatic heterocycles. The Morgan fingerprint density at radius 1 is 0.985 bits per heavy atom. The fourth-order valence-electron chi connectivity index (χ4n) is 9.79. The highest BCUT2D eigenvalue weighted by Gasteiger charge is 2.71. The van der Waals surface area contributed by atoms with Gasteiger partial charge in [0.2, 0.25) is 41.4 Å². The van der Waals surface area contributed by atoms with Crippen LogP contribution in [0.5, 0.6) is 0 Å². The number of halogens is 6. The van der Waals surface area contributed by atoms with Crippen LogP contribution in [-0.2, 0) is 40.0 Å². The van der Waals surface area contributed by atoms with Crippen LogP contribution in [0.4, 0.5) is 17.6 Å². The van der Waals surface area contributed by atoms with Crippen molar-refractivity contribution >= 4 is 64.6 Å². The van der Waals surface area contributed by atoms with Crippen molar-refractivity contribution in [3.63, 3.8) is 0 Å². The molecule has 65 heavy (non-hydrogen) atoms. The number of likely N-dealkylation sites (tertiary alicyclic amines) is 1. The summed E-state index contributed by atoms with van der Waals surface area (Å²) >= 11 is 12.8. The van der Waals surface area contributed by atoms with Gasteiger partial charge in [0.15, 0.2) is 0 Å².